The number of hydrogen-bond acceptors (Lipinski definition) is 3. The molecule has 0 aliphatic heterocycles. The smallest absolute Gasteiger partial charge is 0.0702 e. The summed E-state index contributed by atoms with van der Waals surface area (Å²) in [5, 5.41) is 10.9. The van der Waals surface area contributed by atoms with E-state index in [4.69, 9.17) is 28.9 Å². The van der Waals surface area contributed by atoms with Crippen LogP contribution in [0.2, 0.25) is 10.0 Å². The molecule has 0 aromatic heterocycles. The Balaban J connectivity index is 1.94. The van der Waals surface area contributed by atoms with Crippen LogP contribution in [0.1, 0.15) is 11.1 Å². The molecular weight excluding hydrogens is 325 g/mol. The monoisotopic (exact) mass is 341 g/mol. The van der Waals surface area contributed by atoms with Crippen molar-refractivity contribution < 1.29 is 5.11 Å². The fraction of sp³-hybridized carbons (Fsp3) is 0.250. The van der Waals surface area contributed by atoms with Gasteiger partial charge in [0.1, 0.15) is 0 Å². The van der Waals surface area contributed by atoms with Crippen LogP contribution < -0.4 is 5.73 Å². The molecule has 0 bridgehead atoms. The van der Waals surface area contributed by atoms with E-state index in [0.717, 1.165) is 21.8 Å². The van der Waals surface area contributed by atoms with E-state index in [0.29, 0.717) is 16.5 Å². The Hall–Kier alpha value is -0.710. The molecule has 2 nitrogen and oxygen atoms in total. The van der Waals surface area contributed by atoms with E-state index < -0.39 is 6.10 Å². The van der Waals surface area contributed by atoms with Gasteiger partial charge in [-0.15, -0.1) is 11.8 Å². The van der Waals surface area contributed by atoms with Gasteiger partial charge in [-0.05, 0) is 41.8 Å². The fourth-order valence-electron chi connectivity index (χ4n) is 1.88. The summed E-state index contributed by atoms with van der Waals surface area (Å²) in [4.78, 5) is 1.16. The molecule has 2 aromatic carbocycles. The first-order valence-electron chi connectivity index (χ1n) is 6.62. The summed E-state index contributed by atoms with van der Waals surface area (Å²) < 4.78 is 0. The van der Waals surface area contributed by atoms with Crippen molar-refractivity contribution in [2.45, 2.75) is 23.2 Å². The normalized spacial score (nSPS) is 12.4. The zero-order chi connectivity index (χ0) is 15.2. The van der Waals surface area contributed by atoms with Crippen LogP contribution >= 0.6 is 35.0 Å². The van der Waals surface area contributed by atoms with Gasteiger partial charge in [0.05, 0.1) is 6.10 Å². The van der Waals surface area contributed by atoms with Crippen molar-refractivity contribution in [2.75, 3.05) is 6.54 Å². The molecule has 0 fully saturated rings. The minimum absolute atomic E-state index is 0.283. The molecule has 0 saturated heterocycles. The summed E-state index contributed by atoms with van der Waals surface area (Å²) >= 11 is 13.8. The van der Waals surface area contributed by atoms with Gasteiger partial charge in [0, 0.05) is 27.2 Å². The zero-order valence-corrected chi connectivity index (χ0v) is 13.8. The van der Waals surface area contributed by atoms with Gasteiger partial charge >= 0.3 is 0 Å². The number of benzene rings is 2. The number of hydrogen-bond donors (Lipinski definition) is 2. The predicted molar refractivity (Wildman–Crippen MR) is 91.2 cm³/mol. The Kier molecular flexibility index (Phi) is 6.40. The number of thioether (sulfide) groups is 1. The van der Waals surface area contributed by atoms with Gasteiger partial charge in [0.25, 0.3) is 0 Å². The van der Waals surface area contributed by atoms with Crippen molar-refractivity contribution in [2.24, 2.45) is 5.73 Å². The average Bonchev–Trinajstić information content (AvgIpc) is 2.48. The molecule has 0 spiro atoms. The van der Waals surface area contributed by atoms with E-state index in [2.05, 4.69) is 0 Å². The van der Waals surface area contributed by atoms with Gasteiger partial charge in [-0.1, -0.05) is 41.4 Å². The van der Waals surface area contributed by atoms with Crippen LogP contribution in [-0.2, 0) is 12.2 Å². The van der Waals surface area contributed by atoms with Gasteiger partial charge in [-0.3, -0.25) is 0 Å². The van der Waals surface area contributed by atoms with Crippen LogP contribution in [0.3, 0.4) is 0 Å². The highest BCUT2D eigenvalue weighted by Gasteiger charge is 2.05. The third kappa shape index (κ3) is 5.20. The van der Waals surface area contributed by atoms with E-state index in [9.17, 15) is 5.11 Å². The summed E-state index contributed by atoms with van der Waals surface area (Å²) in [6.07, 6.45) is 0.112. The first-order chi connectivity index (χ1) is 10.1. The summed E-state index contributed by atoms with van der Waals surface area (Å²) in [6.45, 7) is 0.283. The zero-order valence-electron chi connectivity index (χ0n) is 11.4. The summed E-state index contributed by atoms with van der Waals surface area (Å²) in [5.41, 5.74) is 7.56. The van der Waals surface area contributed by atoms with E-state index in [1.807, 2.05) is 36.4 Å². The Morgan fingerprint density at radius 2 is 1.81 bits per heavy atom. The average molecular weight is 342 g/mol. The predicted octanol–water partition coefficient (Wildman–Crippen LogP) is 4.15. The van der Waals surface area contributed by atoms with Crippen molar-refractivity contribution in [3.63, 3.8) is 0 Å². The first kappa shape index (κ1) is 16.7. The van der Waals surface area contributed by atoms with Crippen LogP contribution in [0.4, 0.5) is 0 Å². The molecule has 0 aliphatic rings. The number of aliphatic hydroxyl groups is 1. The third-order valence-electron chi connectivity index (χ3n) is 3.08. The van der Waals surface area contributed by atoms with Crippen molar-refractivity contribution in [3.05, 3.63) is 63.6 Å². The van der Waals surface area contributed by atoms with Crippen LogP contribution in [0.25, 0.3) is 0 Å². The largest absolute Gasteiger partial charge is 0.391 e. The molecule has 0 amide bonds. The fourth-order valence-corrected chi connectivity index (χ4v) is 3.33. The Morgan fingerprint density at radius 1 is 1.10 bits per heavy atom. The molecule has 112 valence electrons. The molecule has 3 N–H and O–H groups in total. The second kappa shape index (κ2) is 8.06. The highest BCUT2D eigenvalue weighted by Crippen LogP contribution is 2.28. The number of rotatable bonds is 6. The SMILES string of the molecule is NCC(O)Cc1ccc(SCc2ccc(Cl)cc2Cl)cc1. The van der Waals surface area contributed by atoms with Crippen molar-refractivity contribution in [1.82, 2.24) is 0 Å². The minimum atomic E-state index is -0.476. The van der Waals surface area contributed by atoms with Crippen LogP contribution in [-0.4, -0.2) is 17.8 Å². The van der Waals surface area contributed by atoms with E-state index in [1.165, 1.54) is 0 Å². The van der Waals surface area contributed by atoms with E-state index >= 15 is 0 Å². The van der Waals surface area contributed by atoms with Gasteiger partial charge in [0.15, 0.2) is 0 Å². The quantitative estimate of drug-likeness (QED) is 0.776. The molecule has 0 aliphatic carbocycles. The second-order valence-corrected chi connectivity index (χ2v) is 6.65. The summed E-state index contributed by atoms with van der Waals surface area (Å²) in [7, 11) is 0. The lowest BCUT2D eigenvalue weighted by atomic mass is 10.1. The number of nitrogens with two attached hydrogens (primary N) is 1. The van der Waals surface area contributed by atoms with Crippen molar-refractivity contribution >= 4 is 35.0 Å². The van der Waals surface area contributed by atoms with E-state index in [1.54, 1.807) is 17.8 Å². The molecular formula is C16H17Cl2NOS. The van der Waals surface area contributed by atoms with Gasteiger partial charge in [-0.2, -0.15) is 0 Å². The summed E-state index contributed by atoms with van der Waals surface area (Å²) in [6, 6.07) is 13.7. The lowest BCUT2D eigenvalue weighted by molar-refractivity contribution is 0.183. The maximum Gasteiger partial charge on any atom is 0.0702 e. The molecule has 1 unspecified atom stereocenters. The molecule has 0 saturated carbocycles. The third-order valence-corrected chi connectivity index (χ3v) is 4.72. The van der Waals surface area contributed by atoms with Crippen LogP contribution in [0.15, 0.2) is 47.4 Å². The van der Waals surface area contributed by atoms with Gasteiger partial charge < -0.3 is 10.8 Å². The molecule has 2 rings (SSSR count). The lowest BCUT2D eigenvalue weighted by Gasteiger charge is -2.09. The van der Waals surface area contributed by atoms with E-state index in [-0.39, 0.29) is 6.54 Å². The Bertz CT molecular complexity index is 589. The van der Waals surface area contributed by atoms with Gasteiger partial charge in [-0.25, -0.2) is 0 Å². The first-order valence-corrected chi connectivity index (χ1v) is 8.36. The molecule has 0 radical (unpaired) electrons. The topological polar surface area (TPSA) is 46.2 Å². The lowest BCUT2D eigenvalue weighted by Crippen LogP contribution is -2.21. The van der Waals surface area contributed by atoms with Crippen LogP contribution in [0, 0.1) is 0 Å². The van der Waals surface area contributed by atoms with Crippen molar-refractivity contribution in [1.29, 1.82) is 0 Å². The molecule has 5 heteroatoms. The maximum absolute atomic E-state index is 9.53. The minimum Gasteiger partial charge on any atom is -0.391 e. The Labute approximate surface area is 139 Å². The molecule has 2 aromatic rings. The second-order valence-electron chi connectivity index (χ2n) is 4.76. The Morgan fingerprint density at radius 3 is 2.43 bits per heavy atom. The number of aliphatic hydroxyl groups excluding tert-OH is 1. The maximum atomic E-state index is 9.53. The summed E-state index contributed by atoms with van der Waals surface area (Å²) in [5.74, 6) is 0.792. The highest BCUT2D eigenvalue weighted by molar-refractivity contribution is 7.98. The van der Waals surface area contributed by atoms with Gasteiger partial charge in [0.2, 0.25) is 0 Å². The number of halogens is 2. The molecule has 0 heterocycles. The van der Waals surface area contributed by atoms with Crippen molar-refractivity contribution in [3.8, 4) is 0 Å². The van der Waals surface area contributed by atoms with Crippen LogP contribution in [0.5, 0.6) is 0 Å². The molecule has 1 atom stereocenters. The highest BCUT2D eigenvalue weighted by atomic mass is 35.5. The molecule has 21 heavy (non-hydrogen) atoms. The standard InChI is InChI=1S/C16H17Cl2NOS/c17-13-4-3-12(16(18)8-13)10-21-15-5-1-11(2-6-15)7-14(20)9-19/h1-6,8,14,20H,7,9-10,19H2.